The number of fused-ring (bicyclic) bond motifs is 3. The van der Waals surface area contributed by atoms with Crippen LogP contribution in [0.2, 0.25) is 5.15 Å². The lowest BCUT2D eigenvalue weighted by molar-refractivity contribution is 0.684. The van der Waals surface area contributed by atoms with E-state index >= 15 is 0 Å². The molecule has 0 atom stereocenters. The summed E-state index contributed by atoms with van der Waals surface area (Å²) in [7, 11) is 0. The molecule has 19 heavy (non-hydrogen) atoms. The molecule has 2 aromatic rings. The van der Waals surface area contributed by atoms with Crippen molar-refractivity contribution in [2.75, 3.05) is 6.54 Å². The van der Waals surface area contributed by atoms with Crippen molar-refractivity contribution >= 4 is 11.6 Å². The molecular formula is C15H16ClN3. The van der Waals surface area contributed by atoms with Gasteiger partial charge in [-0.05, 0) is 48.9 Å². The number of rotatable bonds is 2. The molecule has 3 N–H and O–H groups in total. The van der Waals surface area contributed by atoms with Crippen molar-refractivity contribution in [3.8, 4) is 11.3 Å². The molecular weight excluding hydrogens is 258 g/mol. The second-order valence-electron chi connectivity index (χ2n) is 5.73. The number of nitrogens with one attached hydrogen (secondary N) is 1. The molecule has 3 nitrogen and oxygen atoms in total. The Balaban J connectivity index is 1.86. The Morgan fingerprint density at radius 1 is 1.26 bits per heavy atom. The van der Waals surface area contributed by atoms with Crippen molar-refractivity contribution in [1.29, 1.82) is 0 Å². The molecule has 0 amide bonds. The molecule has 2 aromatic heterocycles. The van der Waals surface area contributed by atoms with Crippen molar-refractivity contribution in [3.63, 3.8) is 0 Å². The molecule has 4 heteroatoms. The van der Waals surface area contributed by atoms with E-state index in [2.05, 4.69) is 16.0 Å². The van der Waals surface area contributed by atoms with E-state index in [0.29, 0.717) is 5.15 Å². The maximum atomic E-state index is 6.03. The SMILES string of the molecule is NCC1(c2cc3c([nH]2)-c2cc(Cl)ncc2CC3)CC1. The average Bonchev–Trinajstić information content (AvgIpc) is 3.10. The predicted octanol–water partition coefficient (Wildman–Crippen LogP) is 2.82. The number of pyridine rings is 1. The van der Waals surface area contributed by atoms with Crippen LogP contribution in [0, 0.1) is 0 Å². The van der Waals surface area contributed by atoms with Crippen LogP contribution in [0.4, 0.5) is 0 Å². The third-order valence-electron chi connectivity index (χ3n) is 4.60. The van der Waals surface area contributed by atoms with Gasteiger partial charge >= 0.3 is 0 Å². The van der Waals surface area contributed by atoms with Crippen molar-refractivity contribution in [2.24, 2.45) is 5.73 Å². The van der Waals surface area contributed by atoms with Crippen LogP contribution in [0.1, 0.15) is 29.7 Å². The normalized spacial score (nSPS) is 18.8. The number of H-pyrrole nitrogens is 1. The first-order valence-corrected chi connectivity index (χ1v) is 7.17. The maximum Gasteiger partial charge on any atom is 0.129 e. The van der Waals surface area contributed by atoms with Gasteiger partial charge in [0.15, 0.2) is 0 Å². The summed E-state index contributed by atoms with van der Waals surface area (Å²) in [5.41, 5.74) is 12.6. The zero-order chi connectivity index (χ0) is 13.0. The van der Waals surface area contributed by atoms with Crippen LogP contribution in [0.5, 0.6) is 0 Å². The number of nitrogens with two attached hydrogens (primary N) is 1. The number of hydrogen-bond acceptors (Lipinski definition) is 2. The largest absolute Gasteiger partial charge is 0.358 e. The number of hydrogen-bond donors (Lipinski definition) is 2. The van der Waals surface area contributed by atoms with E-state index in [1.54, 1.807) is 0 Å². The van der Waals surface area contributed by atoms with Crippen LogP contribution in [-0.2, 0) is 18.3 Å². The highest BCUT2D eigenvalue weighted by atomic mass is 35.5. The Hall–Kier alpha value is -1.32. The highest BCUT2D eigenvalue weighted by Crippen LogP contribution is 2.48. The number of aryl methyl sites for hydroxylation is 2. The molecule has 1 saturated carbocycles. The molecule has 2 aliphatic rings. The molecule has 0 aromatic carbocycles. The van der Waals surface area contributed by atoms with E-state index in [4.69, 9.17) is 17.3 Å². The fourth-order valence-electron chi connectivity index (χ4n) is 3.11. The number of aromatic nitrogens is 2. The predicted molar refractivity (Wildman–Crippen MR) is 76.4 cm³/mol. The van der Waals surface area contributed by atoms with Gasteiger partial charge in [0, 0.05) is 35.1 Å². The fraction of sp³-hybridized carbons (Fsp3) is 0.400. The second kappa shape index (κ2) is 3.84. The van der Waals surface area contributed by atoms with Gasteiger partial charge in [-0.25, -0.2) is 4.98 Å². The number of aromatic amines is 1. The Labute approximate surface area is 117 Å². The van der Waals surface area contributed by atoms with Gasteiger partial charge in [-0.15, -0.1) is 0 Å². The molecule has 2 aliphatic carbocycles. The van der Waals surface area contributed by atoms with E-state index in [-0.39, 0.29) is 5.41 Å². The smallest absolute Gasteiger partial charge is 0.129 e. The van der Waals surface area contributed by atoms with Crippen LogP contribution >= 0.6 is 11.6 Å². The number of nitrogens with zero attached hydrogens (tertiary/aromatic N) is 1. The van der Waals surface area contributed by atoms with Gasteiger partial charge in [0.2, 0.25) is 0 Å². The molecule has 0 saturated heterocycles. The summed E-state index contributed by atoms with van der Waals surface area (Å²) in [6, 6.07) is 4.28. The summed E-state index contributed by atoms with van der Waals surface area (Å²) in [5.74, 6) is 0. The Morgan fingerprint density at radius 3 is 2.79 bits per heavy atom. The monoisotopic (exact) mass is 273 g/mol. The topological polar surface area (TPSA) is 54.7 Å². The van der Waals surface area contributed by atoms with E-state index in [0.717, 1.165) is 19.4 Å². The molecule has 0 radical (unpaired) electrons. The first-order chi connectivity index (χ1) is 9.22. The zero-order valence-corrected chi connectivity index (χ0v) is 11.4. The highest BCUT2D eigenvalue weighted by molar-refractivity contribution is 6.29. The Kier molecular flexibility index (Phi) is 2.32. The van der Waals surface area contributed by atoms with Crippen LogP contribution in [0.15, 0.2) is 18.3 Å². The van der Waals surface area contributed by atoms with E-state index in [1.807, 2.05) is 12.3 Å². The van der Waals surface area contributed by atoms with Gasteiger partial charge in [0.25, 0.3) is 0 Å². The lowest BCUT2D eigenvalue weighted by Gasteiger charge is -2.15. The third kappa shape index (κ3) is 1.65. The van der Waals surface area contributed by atoms with Crippen LogP contribution in [0.3, 0.4) is 0 Å². The summed E-state index contributed by atoms with van der Waals surface area (Å²) >= 11 is 6.03. The number of halogens is 1. The van der Waals surface area contributed by atoms with E-state index in [1.165, 1.54) is 40.9 Å². The van der Waals surface area contributed by atoms with Gasteiger partial charge in [0.1, 0.15) is 5.15 Å². The van der Waals surface area contributed by atoms with Gasteiger partial charge in [0.05, 0.1) is 0 Å². The second-order valence-corrected chi connectivity index (χ2v) is 6.12. The summed E-state index contributed by atoms with van der Waals surface area (Å²) in [6.45, 7) is 0.732. The van der Waals surface area contributed by atoms with Gasteiger partial charge in [-0.2, -0.15) is 0 Å². The lowest BCUT2D eigenvalue weighted by atomic mass is 9.92. The fourth-order valence-corrected chi connectivity index (χ4v) is 3.27. The average molecular weight is 274 g/mol. The standard InChI is InChI=1S/C15H16ClN3/c16-13-6-11-10(7-18-13)2-1-9-5-12(19-14(9)11)15(8-17)3-4-15/h5-7,19H,1-4,8,17H2. The van der Waals surface area contributed by atoms with E-state index in [9.17, 15) is 0 Å². The molecule has 0 unspecified atom stereocenters. The van der Waals surface area contributed by atoms with Gasteiger partial charge in [-0.3, -0.25) is 0 Å². The third-order valence-corrected chi connectivity index (χ3v) is 4.81. The molecule has 2 heterocycles. The Morgan fingerprint density at radius 2 is 2.05 bits per heavy atom. The first kappa shape index (κ1) is 11.5. The van der Waals surface area contributed by atoms with Crippen LogP contribution in [-0.4, -0.2) is 16.5 Å². The van der Waals surface area contributed by atoms with Gasteiger partial charge in [-0.1, -0.05) is 11.6 Å². The van der Waals surface area contributed by atoms with Crippen molar-refractivity contribution in [2.45, 2.75) is 31.1 Å². The minimum Gasteiger partial charge on any atom is -0.358 e. The van der Waals surface area contributed by atoms with Crippen LogP contribution < -0.4 is 5.73 Å². The summed E-state index contributed by atoms with van der Waals surface area (Å²) < 4.78 is 0. The first-order valence-electron chi connectivity index (χ1n) is 6.79. The molecule has 0 aliphatic heterocycles. The quantitative estimate of drug-likeness (QED) is 0.827. The van der Waals surface area contributed by atoms with Crippen molar-refractivity contribution in [3.05, 3.63) is 40.3 Å². The summed E-state index contributed by atoms with van der Waals surface area (Å²) in [5, 5.41) is 0.558. The molecule has 4 rings (SSSR count). The molecule has 98 valence electrons. The maximum absolute atomic E-state index is 6.03. The van der Waals surface area contributed by atoms with Gasteiger partial charge < -0.3 is 10.7 Å². The molecule has 0 bridgehead atoms. The summed E-state index contributed by atoms with van der Waals surface area (Å²) in [4.78, 5) is 7.79. The van der Waals surface area contributed by atoms with Crippen molar-refractivity contribution < 1.29 is 0 Å². The van der Waals surface area contributed by atoms with Crippen molar-refractivity contribution in [1.82, 2.24) is 9.97 Å². The highest BCUT2D eigenvalue weighted by Gasteiger charge is 2.44. The minimum atomic E-state index is 0.217. The van der Waals surface area contributed by atoms with E-state index < -0.39 is 0 Å². The zero-order valence-electron chi connectivity index (χ0n) is 10.7. The minimum absolute atomic E-state index is 0.217. The molecule has 1 fully saturated rings. The summed E-state index contributed by atoms with van der Waals surface area (Å²) in [6.07, 6.45) is 6.42. The molecule has 0 spiro atoms. The lowest BCUT2D eigenvalue weighted by Crippen LogP contribution is -2.19. The Bertz CT molecular complexity index is 655. The van der Waals surface area contributed by atoms with Crippen LogP contribution in [0.25, 0.3) is 11.3 Å².